The Balaban J connectivity index is 2.09. The molecule has 3 rings (SSSR count). The Bertz CT molecular complexity index is 617. The minimum atomic E-state index is 0.214. The van der Waals surface area contributed by atoms with Gasteiger partial charge in [-0.2, -0.15) is 0 Å². The van der Waals surface area contributed by atoms with Crippen molar-refractivity contribution in [2.75, 3.05) is 0 Å². The van der Waals surface area contributed by atoms with Gasteiger partial charge in [0.1, 0.15) is 0 Å². The molecule has 0 atom stereocenters. The van der Waals surface area contributed by atoms with Crippen LogP contribution >= 0.6 is 0 Å². The van der Waals surface area contributed by atoms with Crippen LogP contribution in [-0.4, -0.2) is 5.78 Å². The second-order valence-corrected chi connectivity index (χ2v) is 4.83. The van der Waals surface area contributed by atoms with E-state index in [0.29, 0.717) is 0 Å². The fourth-order valence-corrected chi connectivity index (χ4v) is 2.64. The van der Waals surface area contributed by atoms with E-state index >= 15 is 0 Å². The van der Waals surface area contributed by atoms with Gasteiger partial charge in [0.25, 0.3) is 0 Å². The van der Waals surface area contributed by atoms with Crippen molar-refractivity contribution in [3.05, 3.63) is 59.7 Å². The molecular weight excluding hydrogens is 220 g/mol. The van der Waals surface area contributed by atoms with Crippen LogP contribution in [0.15, 0.2) is 54.1 Å². The van der Waals surface area contributed by atoms with E-state index in [1.165, 1.54) is 6.42 Å². The number of rotatable bonds is 2. The van der Waals surface area contributed by atoms with Gasteiger partial charge >= 0.3 is 0 Å². The number of fused-ring (bicyclic) bond motifs is 1. The lowest BCUT2D eigenvalue weighted by Crippen LogP contribution is -2.06. The standard InChI is InChI=1S/C17H16O/c18-17(14-8-2-1-3-9-14)16-12-6-10-13-7-4-5-11-15(13)16/h4-8,10-12H,1-3,9H2. The maximum atomic E-state index is 12.5. The topological polar surface area (TPSA) is 17.1 Å². The summed E-state index contributed by atoms with van der Waals surface area (Å²) in [5.41, 5.74) is 1.85. The minimum Gasteiger partial charge on any atom is -0.289 e. The maximum Gasteiger partial charge on any atom is 0.189 e. The summed E-state index contributed by atoms with van der Waals surface area (Å²) in [4.78, 5) is 12.5. The molecular formula is C17H16O. The summed E-state index contributed by atoms with van der Waals surface area (Å²) in [6.45, 7) is 0. The molecule has 90 valence electrons. The van der Waals surface area contributed by atoms with E-state index in [9.17, 15) is 4.79 Å². The lowest BCUT2D eigenvalue weighted by atomic mass is 9.91. The fourth-order valence-electron chi connectivity index (χ4n) is 2.64. The Morgan fingerprint density at radius 3 is 2.61 bits per heavy atom. The third-order valence-electron chi connectivity index (χ3n) is 3.62. The van der Waals surface area contributed by atoms with Gasteiger partial charge in [0.05, 0.1) is 0 Å². The summed E-state index contributed by atoms with van der Waals surface area (Å²) in [7, 11) is 0. The zero-order valence-electron chi connectivity index (χ0n) is 10.4. The van der Waals surface area contributed by atoms with Crippen molar-refractivity contribution >= 4 is 16.6 Å². The highest BCUT2D eigenvalue weighted by molar-refractivity contribution is 6.16. The largest absolute Gasteiger partial charge is 0.289 e. The first-order valence-corrected chi connectivity index (χ1v) is 6.58. The van der Waals surface area contributed by atoms with Crippen molar-refractivity contribution in [3.8, 4) is 0 Å². The highest BCUT2D eigenvalue weighted by Crippen LogP contribution is 2.25. The molecule has 0 radical (unpaired) electrons. The van der Waals surface area contributed by atoms with Gasteiger partial charge in [-0.3, -0.25) is 4.79 Å². The molecule has 0 amide bonds. The molecule has 0 spiro atoms. The predicted octanol–water partition coefficient (Wildman–Crippen LogP) is 4.52. The molecule has 2 aromatic rings. The van der Waals surface area contributed by atoms with E-state index < -0.39 is 0 Å². The molecule has 2 aromatic carbocycles. The monoisotopic (exact) mass is 236 g/mol. The molecule has 1 nitrogen and oxygen atoms in total. The first-order valence-electron chi connectivity index (χ1n) is 6.58. The van der Waals surface area contributed by atoms with E-state index in [1.807, 2.05) is 30.3 Å². The number of hydrogen-bond acceptors (Lipinski definition) is 1. The van der Waals surface area contributed by atoms with Gasteiger partial charge in [0.15, 0.2) is 5.78 Å². The fraction of sp³-hybridized carbons (Fsp3) is 0.235. The summed E-state index contributed by atoms with van der Waals surface area (Å²) in [5, 5.41) is 2.20. The van der Waals surface area contributed by atoms with Gasteiger partial charge in [0.2, 0.25) is 0 Å². The maximum absolute atomic E-state index is 12.5. The van der Waals surface area contributed by atoms with E-state index in [0.717, 1.165) is 41.2 Å². The minimum absolute atomic E-state index is 0.214. The highest BCUT2D eigenvalue weighted by Gasteiger charge is 2.16. The van der Waals surface area contributed by atoms with E-state index in [4.69, 9.17) is 0 Å². The van der Waals surface area contributed by atoms with Crippen LogP contribution in [-0.2, 0) is 0 Å². The molecule has 0 aromatic heterocycles. The average molecular weight is 236 g/mol. The lowest BCUT2D eigenvalue weighted by Gasteiger charge is -2.12. The molecule has 0 aliphatic heterocycles. The number of hydrogen-bond donors (Lipinski definition) is 0. The quantitative estimate of drug-likeness (QED) is 0.700. The number of carbonyl (C=O) groups excluding carboxylic acids is 1. The Morgan fingerprint density at radius 1 is 0.944 bits per heavy atom. The SMILES string of the molecule is O=C(C1=CCCCC1)c1cccc2ccccc12. The van der Waals surface area contributed by atoms with Crippen LogP contribution in [0.3, 0.4) is 0 Å². The van der Waals surface area contributed by atoms with Crippen molar-refractivity contribution in [2.45, 2.75) is 25.7 Å². The van der Waals surface area contributed by atoms with Gasteiger partial charge in [-0.25, -0.2) is 0 Å². The Hall–Kier alpha value is -1.89. The molecule has 0 fully saturated rings. The van der Waals surface area contributed by atoms with Crippen LogP contribution in [0.5, 0.6) is 0 Å². The smallest absolute Gasteiger partial charge is 0.189 e. The zero-order chi connectivity index (χ0) is 12.4. The van der Waals surface area contributed by atoms with Gasteiger partial charge in [0, 0.05) is 5.56 Å². The van der Waals surface area contributed by atoms with Crippen molar-refractivity contribution in [2.24, 2.45) is 0 Å². The Morgan fingerprint density at radius 2 is 1.78 bits per heavy atom. The third-order valence-corrected chi connectivity index (χ3v) is 3.62. The zero-order valence-corrected chi connectivity index (χ0v) is 10.4. The lowest BCUT2D eigenvalue weighted by molar-refractivity contribution is 0.103. The van der Waals surface area contributed by atoms with Crippen LogP contribution in [0, 0.1) is 0 Å². The normalized spacial score (nSPS) is 15.4. The molecule has 1 aliphatic rings. The van der Waals surface area contributed by atoms with E-state index in [2.05, 4.69) is 18.2 Å². The molecule has 0 heterocycles. The number of Topliss-reactive ketones (excluding diaryl/α,β-unsaturated/α-hetero) is 1. The molecule has 1 aliphatic carbocycles. The second kappa shape index (κ2) is 4.77. The number of carbonyl (C=O) groups is 1. The molecule has 0 saturated carbocycles. The number of benzene rings is 2. The van der Waals surface area contributed by atoms with Crippen molar-refractivity contribution in [3.63, 3.8) is 0 Å². The summed E-state index contributed by atoms with van der Waals surface area (Å²) in [6.07, 6.45) is 6.45. The van der Waals surface area contributed by atoms with Crippen LogP contribution in [0.25, 0.3) is 10.8 Å². The van der Waals surface area contributed by atoms with E-state index in [-0.39, 0.29) is 5.78 Å². The summed E-state index contributed by atoms with van der Waals surface area (Å²) >= 11 is 0. The van der Waals surface area contributed by atoms with Crippen molar-refractivity contribution in [1.82, 2.24) is 0 Å². The summed E-state index contributed by atoms with van der Waals surface area (Å²) in [6, 6.07) is 14.1. The summed E-state index contributed by atoms with van der Waals surface area (Å²) in [5.74, 6) is 0.214. The number of ketones is 1. The molecule has 18 heavy (non-hydrogen) atoms. The van der Waals surface area contributed by atoms with Gasteiger partial charge in [-0.15, -0.1) is 0 Å². The molecule has 0 unspecified atom stereocenters. The number of allylic oxidation sites excluding steroid dienone is 2. The molecule has 1 heteroatoms. The molecule has 0 saturated heterocycles. The first-order chi connectivity index (χ1) is 8.86. The summed E-state index contributed by atoms with van der Waals surface area (Å²) < 4.78 is 0. The molecule has 0 bridgehead atoms. The van der Waals surface area contributed by atoms with Crippen LogP contribution in [0.1, 0.15) is 36.0 Å². The average Bonchev–Trinajstić information content (AvgIpc) is 2.47. The van der Waals surface area contributed by atoms with Crippen molar-refractivity contribution in [1.29, 1.82) is 0 Å². The van der Waals surface area contributed by atoms with Crippen LogP contribution in [0.4, 0.5) is 0 Å². The Kier molecular flexibility index (Phi) is 2.97. The Labute approximate surface area is 107 Å². The van der Waals surface area contributed by atoms with E-state index in [1.54, 1.807) is 0 Å². The van der Waals surface area contributed by atoms with Gasteiger partial charge in [-0.1, -0.05) is 48.5 Å². The highest BCUT2D eigenvalue weighted by atomic mass is 16.1. The predicted molar refractivity (Wildman–Crippen MR) is 74.8 cm³/mol. The van der Waals surface area contributed by atoms with Crippen LogP contribution < -0.4 is 0 Å². The van der Waals surface area contributed by atoms with Crippen molar-refractivity contribution < 1.29 is 4.79 Å². The van der Waals surface area contributed by atoms with Gasteiger partial charge in [-0.05, 0) is 42.0 Å². The van der Waals surface area contributed by atoms with Crippen LogP contribution in [0.2, 0.25) is 0 Å². The second-order valence-electron chi connectivity index (χ2n) is 4.83. The first kappa shape index (κ1) is 11.2. The molecule has 0 N–H and O–H groups in total. The van der Waals surface area contributed by atoms with Gasteiger partial charge < -0.3 is 0 Å². The third kappa shape index (κ3) is 1.97.